The standard InChI is InChI=1S/C10H19N/c1-9-5-4-7-10-6-2-3-8-11(9)10/h9-10H,2-8H2,1H3. The summed E-state index contributed by atoms with van der Waals surface area (Å²) in [6.45, 7) is 3.78. The van der Waals surface area contributed by atoms with E-state index in [0.29, 0.717) is 0 Å². The molecule has 2 heterocycles. The van der Waals surface area contributed by atoms with Crippen molar-refractivity contribution >= 4 is 0 Å². The molecule has 0 saturated carbocycles. The molecule has 0 bridgehead atoms. The van der Waals surface area contributed by atoms with Gasteiger partial charge >= 0.3 is 0 Å². The van der Waals surface area contributed by atoms with Gasteiger partial charge in [0, 0.05) is 12.1 Å². The molecule has 1 nitrogen and oxygen atoms in total. The lowest BCUT2D eigenvalue weighted by Crippen LogP contribution is -2.47. The lowest BCUT2D eigenvalue weighted by atomic mass is 9.90. The fourth-order valence-corrected chi connectivity index (χ4v) is 2.73. The van der Waals surface area contributed by atoms with Crippen molar-refractivity contribution < 1.29 is 0 Å². The number of nitrogens with zero attached hydrogens (tertiary/aromatic N) is 1. The highest BCUT2D eigenvalue weighted by molar-refractivity contribution is 4.84. The molecule has 2 aliphatic rings. The van der Waals surface area contributed by atoms with Crippen molar-refractivity contribution in [2.24, 2.45) is 0 Å². The van der Waals surface area contributed by atoms with Gasteiger partial charge in [0.1, 0.15) is 0 Å². The monoisotopic (exact) mass is 153 g/mol. The molecular weight excluding hydrogens is 134 g/mol. The van der Waals surface area contributed by atoms with E-state index in [-0.39, 0.29) is 0 Å². The average Bonchev–Trinajstić information content (AvgIpc) is 2.06. The Morgan fingerprint density at radius 2 is 1.82 bits per heavy atom. The second-order valence-electron chi connectivity index (χ2n) is 4.17. The van der Waals surface area contributed by atoms with Crippen LogP contribution in [0.3, 0.4) is 0 Å². The summed E-state index contributed by atoms with van der Waals surface area (Å²) in [6, 6.07) is 1.85. The quantitative estimate of drug-likeness (QED) is 0.516. The third-order valence-electron chi connectivity index (χ3n) is 3.40. The lowest BCUT2D eigenvalue weighted by molar-refractivity contribution is 0.0614. The van der Waals surface area contributed by atoms with Gasteiger partial charge in [-0.05, 0) is 39.2 Å². The largest absolute Gasteiger partial charge is 0.298 e. The van der Waals surface area contributed by atoms with E-state index in [4.69, 9.17) is 0 Å². The minimum absolute atomic E-state index is 0.883. The van der Waals surface area contributed by atoms with E-state index in [9.17, 15) is 0 Å². The van der Waals surface area contributed by atoms with E-state index in [1.165, 1.54) is 45.1 Å². The molecule has 0 N–H and O–H groups in total. The summed E-state index contributed by atoms with van der Waals surface area (Å²) >= 11 is 0. The molecule has 2 fully saturated rings. The zero-order chi connectivity index (χ0) is 7.68. The van der Waals surface area contributed by atoms with Crippen LogP contribution in [0.15, 0.2) is 0 Å². The zero-order valence-electron chi connectivity index (χ0n) is 7.55. The summed E-state index contributed by atoms with van der Waals surface area (Å²) in [6.07, 6.45) is 8.79. The van der Waals surface area contributed by atoms with Crippen LogP contribution in [0.1, 0.15) is 45.4 Å². The van der Waals surface area contributed by atoms with Crippen molar-refractivity contribution in [1.82, 2.24) is 4.90 Å². The van der Waals surface area contributed by atoms with Crippen molar-refractivity contribution in [2.75, 3.05) is 6.54 Å². The minimum Gasteiger partial charge on any atom is -0.298 e. The normalized spacial score (nSPS) is 40.1. The Balaban J connectivity index is 1.99. The molecule has 0 aromatic rings. The molecule has 0 aliphatic carbocycles. The van der Waals surface area contributed by atoms with Gasteiger partial charge in [0.2, 0.25) is 0 Å². The molecule has 11 heavy (non-hydrogen) atoms. The smallest absolute Gasteiger partial charge is 0.00980 e. The third kappa shape index (κ3) is 1.44. The maximum atomic E-state index is 2.74. The first-order valence-electron chi connectivity index (χ1n) is 5.13. The number of hydrogen-bond donors (Lipinski definition) is 0. The summed E-state index contributed by atoms with van der Waals surface area (Å²) in [5.41, 5.74) is 0. The van der Waals surface area contributed by atoms with Gasteiger partial charge in [-0.3, -0.25) is 4.90 Å². The molecule has 1 heteroatoms. The molecule has 0 aromatic heterocycles. The Kier molecular flexibility index (Phi) is 2.17. The van der Waals surface area contributed by atoms with E-state index < -0.39 is 0 Å². The van der Waals surface area contributed by atoms with Gasteiger partial charge in [-0.1, -0.05) is 12.8 Å². The maximum Gasteiger partial charge on any atom is 0.00980 e. The lowest BCUT2D eigenvalue weighted by Gasteiger charge is -2.43. The molecule has 2 aliphatic heterocycles. The summed E-state index contributed by atoms with van der Waals surface area (Å²) in [5, 5.41) is 0. The van der Waals surface area contributed by atoms with Crippen LogP contribution >= 0.6 is 0 Å². The van der Waals surface area contributed by atoms with E-state index in [1.807, 2.05) is 0 Å². The second kappa shape index (κ2) is 3.14. The molecular formula is C10H19N. The van der Waals surface area contributed by atoms with Crippen molar-refractivity contribution in [3.05, 3.63) is 0 Å². The maximum absolute atomic E-state index is 2.74. The van der Waals surface area contributed by atoms with Crippen LogP contribution in [0.4, 0.5) is 0 Å². The number of rotatable bonds is 0. The number of hydrogen-bond acceptors (Lipinski definition) is 1. The van der Waals surface area contributed by atoms with Crippen LogP contribution in [-0.4, -0.2) is 23.5 Å². The minimum atomic E-state index is 0.883. The highest BCUT2D eigenvalue weighted by atomic mass is 15.2. The van der Waals surface area contributed by atoms with Gasteiger partial charge in [-0.25, -0.2) is 0 Å². The molecule has 2 rings (SSSR count). The number of piperidine rings is 2. The summed E-state index contributed by atoms with van der Waals surface area (Å²) in [7, 11) is 0. The van der Waals surface area contributed by atoms with Gasteiger partial charge in [0.25, 0.3) is 0 Å². The van der Waals surface area contributed by atoms with Gasteiger partial charge in [0.05, 0.1) is 0 Å². The topological polar surface area (TPSA) is 3.24 Å². The highest BCUT2D eigenvalue weighted by Crippen LogP contribution is 2.29. The van der Waals surface area contributed by atoms with E-state index >= 15 is 0 Å². The van der Waals surface area contributed by atoms with Crippen LogP contribution in [0, 0.1) is 0 Å². The fraction of sp³-hybridized carbons (Fsp3) is 1.00. The van der Waals surface area contributed by atoms with Gasteiger partial charge in [-0.15, -0.1) is 0 Å². The molecule has 0 spiro atoms. The first kappa shape index (κ1) is 7.60. The SMILES string of the molecule is CC1CCCC2CCCCN12. The molecule has 2 saturated heterocycles. The Morgan fingerprint density at radius 1 is 1.00 bits per heavy atom. The van der Waals surface area contributed by atoms with E-state index in [2.05, 4.69) is 11.8 Å². The van der Waals surface area contributed by atoms with Crippen LogP contribution < -0.4 is 0 Å². The van der Waals surface area contributed by atoms with Gasteiger partial charge < -0.3 is 0 Å². The van der Waals surface area contributed by atoms with E-state index in [0.717, 1.165) is 12.1 Å². The zero-order valence-corrected chi connectivity index (χ0v) is 7.55. The Labute approximate surface area is 69.8 Å². The van der Waals surface area contributed by atoms with Crippen LogP contribution in [0.5, 0.6) is 0 Å². The predicted molar refractivity (Wildman–Crippen MR) is 47.7 cm³/mol. The summed E-state index contributed by atoms with van der Waals surface area (Å²) in [5.74, 6) is 0. The molecule has 2 unspecified atom stereocenters. The second-order valence-corrected chi connectivity index (χ2v) is 4.17. The molecule has 0 radical (unpaired) electrons. The van der Waals surface area contributed by atoms with Crippen molar-refractivity contribution in [3.8, 4) is 0 Å². The third-order valence-corrected chi connectivity index (χ3v) is 3.40. The van der Waals surface area contributed by atoms with Gasteiger partial charge in [0.15, 0.2) is 0 Å². The van der Waals surface area contributed by atoms with Crippen LogP contribution in [-0.2, 0) is 0 Å². The first-order chi connectivity index (χ1) is 5.38. The number of fused-ring (bicyclic) bond motifs is 1. The molecule has 0 amide bonds. The predicted octanol–water partition coefficient (Wildman–Crippen LogP) is 2.41. The Hall–Kier alpha value is -0.0400. The van der Waals surface area contributed by atoms with Crippen molar-refractivity contribution in [2.45, 2.75) is 57.5 Å². The first-order valence-corrected chi connectivity index (χ1v) is 5.13. The van der Waals surface area contributed by atoms with Gasteiger partial charge in [-0.2, -0.15) is 0 Å². The Bertz CT molecular complexity index is 131. The summed E-state index contributed by atoms with van der Waals surface area (Å²) in [4.78, 5) is 2.74. The van der Waals surface area contributed by atoms with E-state index in [1.54, 1.807) is 0 Å². The Morgan fingerprint density at radius 3 is 2.64 bits per heavy atom. The molecule has 2 atom stereocenters. The van der Waals surface area contributed by atoms with Crippen LogP contribution in [0.25, 0.3) is 0 Å². The molecule has 64 valence electrons. The summed E-state index contributed by atoms with van der Waals surface area (Å²) < 4.78 is 0. The van der Waals surface area contributed by atoms with Crippen molar-refractivity contribution in [3.63, 3.8) is 0 Å². The highest BCUT2D eigenvalue weighted by Gasteiger charge is 2.29. The molecule has 0 aromatic carbocycles. The van der Waals surface area contributed by atoms with Crippen molar-refractivity contribution in [1.29, 1.82) is 0 Å². The average molecular weight is 153 g/mol. The fourth-order valence-electron chi connectivity index (χ4n) is 2.73. The van der Waals surface area contributed by atoms with Crippen LogP contribution in [0.2, 0.25) is 0 Å².